The van der Waals surface area contributed by atoms with Gasteiger partial charge in [0.05, 0.1) is 0 Å². The molecule has 0 saturated carbocycles. The minimum atomic E-state index is -0.653. The number of rotatable bonds is 32. The van der Waals surface area contributed by atoms with Gasteiger partial charge in [0.2, 0.25) is 0 Å². The molecule has 3 heteroatoms. The second-order valence-electron chi connectivity index (χ2n) is 12.5. The zero-order valence-electron chi connectivity index (χ0n) is 28.4. The topological polar surface area (TPSA) is 40.5 Å². The van der Waals surface area contributed by atoms with Crippen LogP contribution in [0, 0.1) is 0 Å². The van der Waals surface area contributed by atoms with Gasteiger partial charge in [-0.15, -0.1) is 0 Å². The molecule has 0 bridgehead atoms. The van der Waals surface area contributed by atoms with Gasteiger partial charge in [-0.05, 0) is 45.3 Å². The van der Waals surface area contributed by atoms with Crippen molar-refractivity contribution < 1.29 is 9.90 Å². The monoisotopic (exact) mass is 568 g/mol. The fourth-order valence-electron chi connectivity index (χ4n) is 5.62. The van der Waals surface area contributed by atoms with Gasteiger partial charge in [-0.25, -0.2) is 0 Å². The van der Waals surface area contributed by atoms with Gasteiger partial charge in [-0.2, -0.15) is 0 Å². The molecule has 0 aromatic carbocycles. The predicted molar refractivity (Wildman–Crippen MR) is 181 cm³/mol. The van der Waals surface area contributed by atoms with Crippen LogP contribution >= 0.6 is 0 Å². The van der Waals surface area contributed by atoms with E-state index in [1.165, 1.54) is 187 Å². The molecule has 1 N–H and O–H groups in total. The van der Waals surface area contributed by atoms with E-state index in [2.05, 4.69) is 32.6 Å². The standard InChI is InChI=1S/C19H41N.C18H36O2/c1-4-7-8-9-10-11-12-13-14-15-16-19-20(17-5-2)18-6-3;1-2-3-4-5-6-7-8-9-10-11-12-13-14-15-16-17-18(19)20/h4-19H2,1-3H3;2-17H2,1H3,(H,19,20). The van der Waals surface area contributed by atoms with Gasteiger partial charge < -0.3 is 10.0 Å². The highest BCUT2D eigenvalue weighted by molar-refractivity contribution is 5.66. The fourth-order valence-corrected chi connectivity index (χ4v) is 5.62. The van der Waals surface area contributed by atoms with Crippen LogP contribution in [0.5, 0.6) is 0 Å². The Kier molecular flexibility index (Phi) is 39.9. The lowest BCUT2D eigenvalue weighted by Gasteiger charge is -2.20. The number of unbranched alkanes of at least 4 members (excludes halogenated alkanes) is 24. The number of hydrogen-bond acceptors (Lipinski definition) is 2. The molecule has 0 aliphatic carbocycles. The Morgan fingerprint density at radius 2 is 0.650 bits per heavy atom. The number of carbonyl (C=O) groups is 1. The Balaban J connectivity index is 0. The SMILES string of the molecule is CCCCCCCCCCCCCCCCCC(=O)O.CCCCCCCCCCCCCN(CCC)CCC. The van der Waals surface area contributed by atoms with E-state index >= 15 is 0 Å². The minimum absolute atomic E-state index is 0.345. The highest BCUT2D eigenvalue weighted by Gasteiger charge is 2.02. The summed E-state index contributed by atoms with van der Waals surface area (Å²) in [6.45, 7) is 13.1. The summed E-state index contributed by atoms with van der Waals surface area (Å²) < 4.78 is 0. The van der Waals surface area contributed by atoms with Crippen molar-refractivity contribution in [3.05, 3.63) is 0 Å². The summed E-state index contributed by atoms with van der Waals surface area (Å²) in [5.41, 5.74) is 0. The Labute approximate surface area is 254 Å². The molecular weight excluding hydrogens is 490 g/mol. The van der Waals surface area contributed by atoms with E-state index in [1.54, 1.807) is 0 Å². The molecule has 0 rings (SSSR count). The van der Waals surface area contributed by atoms with E-state index in [1.807, 2.05) is 0 Å². The van der Waals surface area contributed by atoms with Gasteiger partial charge in [0.1, 0.15) is 0 Å². The quantitative estimate of drug-likeness (QED) is 0.0822. The van der Waals surface area contributed by atoms with E-state index < -0.39 is 5.97 Å². The molecule has 0 unspecified atom stereocenters. The second-order valence-corrected chi connectivity index (χ2v) is 12.5. The van der Waals surface area contributed by atoms with Crippen LogP contribution < -0.4 is 0 Å². The first kappa shape index (κ1) is 41.6. The molecule has 0 radical (unpaired) electrons. The van der Waals surface area contributed by atoms with Crippen LogP contribution in [0.15, 0.2) is 0 Å². The lowest BCUT2D eigenvalue weighted by Crippen LogP contribution is -2.26. The third-order valence-electron chi connectivity index (χ3n) is 8.15. The maximum atomic E-state index is 10.3. The van der Waals surface area contributed by atoms with Gasteiger partial charge in [0, 0.05) is 6.42 Å². The normalized spacial score (nSPS) is 11.1. The third kappa shape index (κ3) is 39.6. The lowest BCUT2D eigenvalue weighted by atomic mass is 10.0. The fraction of sp³-hybridized carbons (Fsp3) is 0.973. The van der Waals surface area contributed by atoms with Crippen LogP contribution in [0.3, 0.4) is 0 Å². The van der Waals surface area contributed by atoms with Crippen LogP contribution in [0.4, 0.5) is 0 Å². The molecule has 3 nitrogen and oxygen atoms in total. The van der Waals surface area contributed by atoms with Gasteiger partial charge in [0.25, 0.3) is 0 Å². The summed E-state index contributed by atoms with van der Waals surface area (Å²) in [5.74, 6) is -0.653. The van der Waals surface area contributed by atoms with Crippen molar-refractivity contribution in [3.8, 4) is 0 Å². The molecule has 0 spiro atoms. The summed E-state index contributed by atoms with van der Waals surface area (Å²) >= 11 is 0. The molecule has 0 atom stereocenters. The largest absolute Gasteiger partial charge is 0.481 e. The smallest absolute Gasteiger partial charge is 0.303 e. The number of carboxylic acid groups (broad SMARTS) is 1. The third-order valence-corrected chi connectivity index (χ3v) is 8.15. The zero-order chi connectivity index (χ0) is 29.8. The van der Waals surface area contributed by atoms with Crippen molar-refractivity contribution in [3.63, 3.8) is 0 Å². The van der Waals surface area contributed by atoms with E-state index in [0.717, 1.165) is 12.8 Å². The van der Waals surface area contributed by atoms with Crippen molar-refractivity contribution >= 4 is 5.97 Å². The number of carboxylic acids is 1. The summed E-state index contributed by atoms with van der Waals surface area (Å²) in [5, 5.41) is 8.52. The highest BCUT2D eigenvalue weighted by atomic mass is 16.4. The van der Waals surface area contributed by atoms with Crippen molar-refractivity contribution in [2.75, 3.05) is 19.6 Å². The molecule has 0 aliphatic rings. The number of aliphatic carboxylic acids is 1. The van der Waals surface area contributed by atoms with E-state index in [9.17, 15) is 4.79 Å². The summed E-state index contributed by atoms with van der Waals surface area (Å²) in [4.78, 5) is 13.0. The average molecular weight is 568 g/mol. The van der Waals surface area contributed by atoms with Gasteiger partial charge in [-0.3, -0.25) is 4.79 Å². The molecule has 0 heterocycles. The van der Waals surface area contributed by atoms with Crippen molar-refractivity contribution in [1.29, 1.82) is 0 Å². The van der Waals surface area contributed by atoms with Crippen LogP contribution in [-0.4, -0.2) is 35.6 Å². The Morgan fingerprint density at radius 3 is 0.925 bits per heavy atom. The van der Waals surface area contributed by atoms with E-state index in [-0.39, 0.29) is 0 Å². The first-order valence-electron chi connectivity index (χ1n) is 18.6. The predicted octanol–water partition coefficient (Wildman–Crippen LogP) is 12.8. The van der Waals surface area contributed by atoms with Crippen molar-refractivity contribution in [1.82, 2.24) is 4.90 Å². The van der Waals surface area contributed by atoms with E-state index in [4.69, 9.17) is 5.11 Å². The van der Waals surface area contributed by atoms with Gasteiger partial charge >= 0.3 is 5.97 Å². The van der Waals surface area contributed by atoms with Crippen molar-refractivity contribution in [2.45, 2.75) is 214 Å². The summed E-state index contributed by atoms with van der Waals surface area (Å²) in [6.07, 6.45) is 38.7. The first-order valence-corrected chi connectivity index (χ1v) is 18.6. The van der Waals surface area contributed by atoms with Crippen LogP contribution in [0.25, 0.3) is 0 Å². The van der Waals surface area contributed by atoms with Crippen LogP contribution in [-0.2, 0) is 4.79 Å². The molecule has 0 aromatic rings. The van der Waals surface area contributed by atoms with Crippen molar-refractivity contribution in [2.24, 2.45) is 0 Å². The Bertz CT molecular complexity index is 447. The molecule has 0 saturated heterocycles. The molecule has 0 aromatic heterocycles. The lowest BCUT2D eigenvalue weighted by molar-refractivity contribution is -0.137. The summed E-state index contributed by atoms with van der Waals surface area (Å²) in [7, 11) is 0. The molecular formula is C37H77NO2. The maximum Gasteiger partial charge on any atom is 0.303 e. The molecule has 40 heavy (non-hydrogen) atoms. The minimum Gasteiger partial charge on any atom is -0.481 e. The summed E-state index contributed by atoms with van der Waals surface area (Å²) in [6, 6.07) is 0. The first-order chi connectivity index (χ1) is 19.6. The molecule has 0 amide bonds. The van der Waals surface area contributed by atoms with E-state index in [0.29, 0.717) is 6.42 Å². The highest BCUT2D eigenvalue weighted by Crippen LogP contribution is 2.14. The average Bonchev–Trinajstić information content (AvgIpc) is 2.94. The maximum absolute atomic E-state index is 10.3. The van der Waals surface area contributed by atoms with Gasteiger partial charge in [0.15, 0.2) is 0 Å². The molecule has 242 valence electrons. The van der Waals surface area contributed by atoms with Crippen LogP contribution in [0.2, 0.25) is 0 Å². The Hall–Kier alpha value is -0.570. The van der Waals surface area contributed by atoms with Gasteiger partial charge in [-0.1, -0.05) is 182 Å². The second kappa shape index (κ2) is 38.4. The molecule has 0 fully saturated rings. The van der Waals surface area contributed by atoms with Crippen LogP contribution in [0.1, 0.15) is 214 Å². The molecule has 0 aliphatic heterocycles. The Morgan fingerprint density at radius 1 is 0.375 bits per heavy atom. The number of hydrogen-bond donors (Lipinski definition) is 1. The number of nitrogens with zero attached hydrogens (tertiary/aromatic N) is 1. The zero-order valence-corrected chi connectivity index (χ0v) is 28.4.